The van der Waals surface area contributed by atoms with E-state index in [9.17, 15) is 9.18 Å². The summed E-state index contributed by atoms with van der Waals surface area (Å²) < 4.78 is 16.2. The van der Waals surface area contributed by atoms with Crippen molar-refractivity contribution < 1.29 is 13.9 Å². The highest BCUT2D eigenvalue weighted by Crippen LogP contribution is 2.30. The number of hydrogen-bond donors (Lipinski definition) is 3. The molecule has 3 N–H and O–H groups in total. The van der Waals surface area contributed by atoms with Gasteiger partial charge in [-0.15, -0.1) is 0 Å². The Balaban J connectivity index is 2.10. The summed E-state index contributed by atoms with van der Waals surface area (Å²) in [7, 11) is 1.44. The number of benzene rings is 2. The molecule has 0 aliphatic carbocycles. The van der Waals surface area contributed by atoms with Crippen LogP contribution in [-0.2, 0) is 0 Å². The van der Waals surface area contributed by atoms with Gasteiger partial charge < -0.3 is 20.7 Å². The Hall–Kier alpha value is -1.80. The van der Waals surface area contributed by atoms with Crippen molar-refractivity contribution in [3.63, 3.8) is 0 Å². The SMILES string of the molecule is COc1ccccc1C(=O)N[C@H](NC(=S)Nc1ccc(F)cc1)C(Cl)(Cl)Cl. The lowest BCUT2D eigenvalue weighted by molar-refractivity contribution is 0.0931. The normalized spacial score (nSPS) is 12.0. The van der Waals surface area contributed by atoms with Crippen molar-refractivity contribution in [2.45, 2.75) is 9.96 Å². The van der Waals surface area contributed by atoms with Gasteiger partial charge in [-0.2, -0.15) is 0 Å². The number of nitrogens with one attached hydrogen (secondary N) is 3. The van der Waals surface area contributed by atoms with Crippen LogP contribution in [0.4, 0.5) is 10.1 Å². The summed E-state index contributed by atoms with van der Waals surface area (Å²) >= 11 is 23.0. The molecule has 0 aliphatic rings. The lowest BCUT2D eigenvalue weighted by atomic mass is 10.2. The second-order valence-electron chi connectivity index (χ2n) is 5.25. The van der Waals surface area contributed by atoms with Crippen LogP contribution in [0.15, 0.2) is 48.5 Å². The summed E-state index contributed by atoms with van der Waals surface area (Å²) in [5.41, 5.74) is 0.784. The van der Waals surface area contributed by atoms with Gasteiger partial charge in [-0.3, -0.25) is 4.79 Å². The number of halogens is 4. The minimum Gasteiger partial charge on any atom is -0.496 e. The zero-order chi connectivity index (χ0) is 20.0. The molecule has 1 amide bonds. The van der Waals surface area contributed by atoms with E-state index in [-0.39, 0.29) is 16.5 Å². The number of alkyl halides is 3. The van der Waals surface area contributed by atoms with Crippen LogP contribution in [0.5, 0.6) is 5.75 Å². The van der Waals surface area contributed by atoms with Gasteiger partial charge in [0.1, 0.15) is 17.7 Å². The Morgan fingerprint density at radius 2 is 1.74 bits per heavy atom. The van der Waals surface area contributed by atoms with Gasteiger partial charge >= 0.3 is 0 Å². The van der Waals surface area contributed by atoms with Crippen molar-refractivity contribution in [3.8, 4) is 5.75 Å². The van der Waals surface area contributed by atoms with Crippen molar-refractivity contribution in [2.75, 3.05) is 12.4 Å². The number of anilines is 1. The Labute approximate surface area is 176 Å². The number of thiocarbonyl (C=S) groups is 1. The molecule has 0 bridgehead atoms. The lowest BCUT2D eigenvalue weighted by Gasteiger charge is -2.28. The molecule has 10 heteroatoms. The quantitative estimate of drug-likeness (QED) is 0.361. The Morgan fingerprint density at radius 1 is 1.11 bits per heavy atom. The molecule has 2 aromatic carbocycles. The monoisotopic (exact) mass is 449 g/mol. The van der Waals surface area contributed by atoms with Gasteiger partial charge in [0, 0.05) is 5.69 Å². The number of carbonyl (C=O) groups is 1. The van der Waals surface area contributed by atoms with Crippen LogP contribution in [0, 0.1) is 5.82 Å². The van der Waals surface area contributed by atoms with Gasteiger partial charge in [-0.05, 0) is 48.6 Å². The average Bonchev–Trinajstić information content (AvgIpc) is 2.62. The average molecular weight is 451 g/mol. The molecule has 0 radical (unpaired) electrons. The van der Waals surface area contributed by atoms with E-state index in [4.69, 9.17) is 51.8 Å². The standard InChI is InChI=1S/C17H15Cl3FN3O2S/c1-26-13-5-3-2-4-12(13)14(25)23-15(17(18,19)20)24-16(27)22-11-8-6-10(21)7-9-11/h2-9,15H,1H3,(H,23,25)(H2,22,24,27)/t15-/m1/s1. The smallest absolute Gasteiger partial charge is 0.256 e. The molecule has 0 heterocycles. The Kier molecular flexibility index (Phi) is 7.49. The lowest BCUT2D eigenvalue weighted by Crippen LogP contribution is -2.56. The summed E-state index contributed by atoms with van der Waals surface area (Å²) in [5.74, 6) is -0.548. The Bertz CT molecular complexity index is 816. The highest BCUT2D eigenvalue weighted by atomic mass is 35.6. The fourth-order valence-corrected chi connectivity index (χ4v) is 2.64. The molecule has 0 fully saturated rings. The molecule has 2 aromatic rings. The molecule has 0 spiro atoms. The van der Waals surface area contributed by atoms with Gasteiger partial charge in [-0.25, -0.2) is 4.39 Å². The first-order valence-electron chi connectivity index (χ1n) is 7.54. The molecule has 0 aromatic heterocycles. The first kappa shape index (κ1) is 21.5. The molecule has 0 unspecified atom stereocenters. The minimum atomic E-state index is -1.91. The van der Waals surface area contributed by atoms with Crippen molar-refractivity contribution in [3.05, 3.63) is 59.9 Å². The summed E-state index contributed by atoms with van der Waals surface area (Å²) in [6, 6.07) is 12.1. The van der Waals surface area contributed by atoms with Crippen molar-refractivity contribution >= 4 is 63.7 Å². The van der Waals surface area contributed by atoms with Crippen LogP contribution in [0.2, 0.25) is 0 Å². The maximum Gasteiger partial charge on any atom is 0.256 e. The minimum absolute atomic E-state index is 0.0678. The fraction of sp³-hybridized carbons (Fsp3) is 0.176. The molecule has 2 rings (SSSR count). The second kappa shape index (κ2) is 9.41. The van der Waals surface area contributed by atoms with Crippen LogP contribution in [0.25, 0.3) is 0 Å². The van der Waals surface area contributed by atoms with Crippen LogP contribution in [-0.4, -0.2) is 28.1 Å². The van der Waals surface area contributed by atoms with E-state index in [2.05, 4.69) is 16.0 Å². The van der Waals surface area contributed by atoms with Gasteiger partial charge in [0.2, 0.25) is 3.79 Å². The zero-order valence-corrected chi connectivity index (χ0v) is 17.0. The van der Waals surface area contributed by atoms with Crippen LogP contribution >= 0.6 is 47.0 Å². The number of para-hydroxylation sites is 1. The van der Waals surface area contributed by atoms with E-state index in [1.807, 2.05) is 0 Å². The zero-order valence-electron chi connectivity index (χ0n) is 13.9. The molecule has 27 heavy (non-hydrogen) atoms. The van der Waals surface area contributed by atoms with Gasteiger partial charge in [-0.1, -0.05) is 46.9 Å². The Morgan fingerprint density at radius 3 is 2.33 bits per heavy atom. The highest BCUT2D eigenvalue weighted by Gasteiger charge is 2.35. The maximum atomic E-state index is 13.0. The first-order chi connectivity index (χ1) is 12.7. The fourth-order valence-electron chi connectivity index (χ4n) is 2.07. The van der Waals surface area contributed by atoms with Crippen LogP contribution in [0.1, 0.15) is 10.4 Å². The predicted molar refractivity (Wildman–Crippen MR) is 110 cm³/mol. The van der Waals surface area contributed by atoms with Crippen molar-refractivity contribution in [1.82, 2.24) is 10.6 Å². The van der Waals surface area contributed by atoms with E-state index in [0.717, 1.165) is 0 Å². The predicted octanol–water partition coefficient (Wildman–Crippen LogP) is 4.25. The summed E-state index contributed by atoms with van der Waals surface area (Å²) in [6.45, 7) is 0. The van der Waals surface area contributed by atoms with E-state index < -0.39 is 15.9 Å². The van der Waals surface area contributed by atoms with Gasteiger partial charge in [0.15, 0.2) is 5.11 Å². The number of ether oxygens (including phenoxy) is 1. The molecule has 144 valence electrons. The molecule has 1 atom stereocenters. The highest BCUT2D eigenvalue weighted by molar-refractivity contribution is 7.80. The van der Waals surface area contributed by atoms with E-state index in [1.54, 1.807) is 24.3 Å². The number of methoxy groups -OCH3 is 1. The number of rotatable bonds is 5. The first-order valence-corrected chi connectivity index (χ1v) is 9.08. The van der Waals surface area contributed by atoms with E-state index >= 15 is 0 Å². The van der Waals surface area contributed by atoms with Crippen LogP contribution in [0.3, 0.4) is 0 Å². The van der Waals surface area contributed by atoms with Gasteiger partial charge in [0.05, 0.1) is 12.7 Å². The topological polar surface area (TPSA) is 62.4 Å². The number of hydrogen-bond acceptors (Lipinski definition) is 3. The number of amides is 1. The van der Waals surface area contributed by atoms with E-state index in [1.165, 1.54) is 31.4 Å². The number of carbonyl (C=O) groups excluding carboxylic acids is 1. The third kappa shape index (κ3) is 6.39. The van der Waals surface area contributed by atoms with Crippen molar-refractivity contribution in [2.24, 2.45) is 0 Å². The second-order valence-corrected chi connectivity index (χ2v) is 8.03. The summed E-state index contributed by atoms with van der Waals surface area (Å²) in [6.07, 6.45) is -1.15. The molecule has 5 nitrogen and oxygen atoms in total. The van der Waals surface area contributed by atoms with Crippen LogP contribution < -0.4 is 20.7 Å². The summed E-state index contributed by atoms with van der Waals surface area (Å²) in [5, 5.41) is 8.15. The largest absolute Gasteiger partial charge is 0.496 e. The maximum absolute atomic E-state index is 13.0. The molecular weight excluding hydrogens is 436 g/mol. The third-order valence-corrected chi connectivity index (χ3v) is 4.21. The summed E-state index contributed by atoms with van der Waals surface area (Å²) in [4.78, 5) is 12.5. The molecule has 0 saturated heterocycles. The molecular formula is C17H15Cl3FN3O2S. The van der Waals surface area contributed by atoms with E-state index in [0.29, 0.717) is 11.4 Å². The van der Waals surface area contributed by atoms with Gasteiger partial charge in [0.25, 0.3) is 5.91 Å². The molecule has 0 aliphatic heterocycles. The third-order valence-electron chi connectivity index (χ3n) is 3.33. The molecule has 0 saturated carbocycles. The van der Waals surface area contributed by atoms with Crippen molar-refractivity contribution in [1.29, 1.82) is 0 Å².